The van der Waals surface area contributed by atoms with Gasteiger partial charge < -0.3 is 14.7 Å². The third-order valence-corrected chi connectivity index (χ3v) is 5.33. The maximum Gasteiger partial charge on any atom is 0.512 e. The zero-order valence-electron chi connectivity index (χ0n) is 14.2. The van der Waals surface area contributed by atoms with Gasteiger partial charge in [-0.3, -0.25) is 9.98 Å². The summed E-state index contributed by atoms with van der Waals surface area (Å²) in [6.45, 7) is 0. The van der Waals surface area contributed by atoms with Crippen molar-refractivity contribution in [3.8, 4) is 0 Å². The highest BCUT2D eigenvalue weighted by Gasteiger charge is 2.36. The number of carbonyl (C=O) groups is 1. The van der Waals surface area contributed by atoms with Gasteiger partial charge in [-0.2, -0.15) is 0 Å². The van der Waals surface area contributed by atoms with Crippen molar-refractivity contribution >= 4 is 29.7 Å². The van der Waals surface area contributed by atoms with Gasteiger partial charge in [-0.05, 0) is 24.3 Å². The number of aliphatic imine (C=N–C) groups is 2. The van der Waals surface area contributed by atoms with Gasteiger partial charge in [0.1, 0.15) is 0 Å². The van der Waals surface area contributed by atoms with Crippen LogP contribution in [0.25, 0.3) is 0 Å². The fourth-order valence-electron chi connectivity index (χ4n) is 2.95. The number of carboxylic acid groups (broad SMARTS) is 1. The monoisotopic (exact) mass is 380 g/mol. The van der Waals surface area contributed by atoms with Gasteiger partial charge >= 0.3 is 6.16 Å². The van der Waals surface area contributed by atoms with Crippen molar-refractivity contribution in [1.29, 1.82) is 0 Å². The lowest BCUT2D eigenvalue weighted by Crippen LogP contribution is -2.45. The summed E-state index contributed by atoms with van der Waals surface area (Å²) >= 11 is 1.68. The average molecular weight is 380 g/mol. The number of thioether (sulfide) groups is 1. The summed E-state index contributed by atoms with van der Waals surface area (Å²) in [6, 6.07) is 15.5. The van der Waals surface area contributed by atoms with Crippen LogP contribution < -0.4 is 0 Å². The second-order valence-corrected chi connectivity index (χ2v) is 7.10. The van der Waals surface area contributed by atoms with Crippen LogP contribution in [0.5, 0.6) is 0 Å². The Morgan fingerprint density at radius 3 is 2.74 bits per heavy atom. The number of ether oxygens (including phenoxy) is 1. The van der Waals surface area contributed by atoms with Crippen molar-refractivity contribution in [2.24, 2.45) is 9.98 Å². The van der Waals surface area contributed by atoms with Crippen LogP contribution >= 0.6 is 11.8 Å². The number of benzene rings is 1. The van der Waals surface area contributed by atoms with E-state index in [1.165, 1.54) is 6.20 Å². The van der Waals surface area contributed by atoms with Crippen molar-refractivity contribution < 1.29 is 14.6 Å². The number of amidine groups is 1. The summed E-state index contributed by atoms with van der Waals surface area (Å²) in [4.78, 5) is 27.2. The molecule has 0 aliphatic carbocycles. The molecule has 1 N–H and O–H groups in total. The molecule has 0 amide bonds. The Kier molecular flexibility index (Phi) is 4.88. The Balaban J connectivity index is 1.70. The Morgan fingerprint density at radius 1 is 1.19 bits per heavy atom. The molecular weight excluding hydrogens is 364 g/mol. The van der Waals surface area contributed by atoms with E-state index in [9.17, 15) is 4.79 Å². The molecule has 4 rings (SSSR count). The zero-order valence-corrected chi connectivity index (χ0v) is 15.0. The predicted molar refractivity (Wildman–Crippen MR) is 103 cm³/mol. The Hall–Kier alpha value is -3.13. The molecule has 7 nitrogen and oxygen atoms in total. The number of pyridine rings is 1. The summed E-state index contributed by atoms with van der Waals surface area (Å²) in [7, 11) is 0. The van der Waals surface area contributed by atoms with Crippen LogP contribution in [0.15, 0.2) is 82.0 Å². The SMILES string of the molecule is O=C(O)OC1=NC=CN2C1=NC(c1ccccn1)CC2Sc1ccccc1. The minimum absolute atomic E-state index is 0.00829. The van der Waals surface area contributed by atoms with Gasteiger partial charge in [0.05, 0.1) is 17.1 Å². The molecule has 2 unspecified atom stereocenters. The maximum atomic E-state index is 11.0. The van der Waals surface area contributed by atoms with Gasteiger partial charge in [-0.1, -0.05) is 24.3 Å². The predicted octanol–water partition coefficient (Wildman–Crippen LogP) is 3.92. The minimum Gasteiger partial charge on any atom is -0.449 e. The third kappa shape index (κ3) is 3.85. The number of nitrogens with zero attached hydrogens (tertiary/aromatic N) is 4. The first-order valence-electron chi connectivity index (χ1n) is 8.35. The van der Waals surface area contributed by atoms with Crippen molar-refractivity contribution in [2.45, 2.75) is 22.7 Å². The first-order valence-corrected chi connectivity index (χ1v) is 9.23. The lowest BCUT2D eigenvalue weighted by Gasteiger charge is -2.37. The summed E-state index contributed by atoms with van der Waals surface area (Å²) in [5.74, 6) is 0.375. The van der Waals surface area contributed by atoms with Crippen LogP contribution in [0.4, 0.5) is 4.79 Å². The van der Waals surface area contributed by atoms with E-state index in [1.807, 2.05) is 53.4 Å². The molecule has 0 spiro atoms. The number of hydrogen-bond donors (Lipinski definition) is 1. The van der Waals surface area contributed by atoms with E-state index in [4.69, 9.17) is 14.8 Å². The molecule has 2 aliphatic heterocycles. The van der Waals surface area contributed by atoms with Crippen LogP contribution in [0.3, 0.4) is 0 Å². The fourth-order valence-corrected chi connectivity index (χ4v) is 4.14. The molecule has 8 heteroatoms. The molecule has 2 aromatic rings. The second kappa shape index (κ2) is 7.63. The lowest BCUT2D eigenvalue weighted by molar-refractivity contribution is 0.141. The highest BCUT2D eigenvalue weighted by atomic mass is 32.2. The summed E-state index contributed by atoms with van der Waals surface area (Å²) in [5, 5.41) is 9.01. The van der Waals surface area contributed by atoms with Crippen LogP contribution in [0, 0.1) is 0 Å². The Labute approximate surface area is 160 Å². The van der Waals surface area contributed by atoms with E-state index in [0.717, 1.165) is 10.6 Å². The van der Waals surface area contributed by atoms with Crippen molar-refractivity contribution in [3.05, 3.63) is 72.8 Å². The number of fused-ring (bicyclic) bond motifs is 1. The van der Waals surface area contributed by atoms with Crippen LogP contribution in [-0.2, 0) is 4.74 Å². The molecule has 0 saturated heterocycles. The lowest BCUT2D eigenvalue weighted by atomic mass is 10.1. The smallest absolute Gasteiger partial charge is 0.449 e. The molecule has 0 fully saturated rings. The van der Waals surface area contributed by atoms with Gasteiger partial charge in [0, 0.05) is 29.9 Å². The maximum absolute atomic E-state index is 11.0. The normalized spacial score (nSPS) is 21.1. The Bertz CT molecular complexity index is 915. The standard InChI is InChI=1S/C19H16N4O3S/c24-19(25)26-18-17-22-15(14-8-4-5-9-20-14)12-16(23(17)11-10-21-18)27-13-6-2-1-3-7-13/h1-11,15-16H,12H2,(H,24,25). The van der Waals surface area contributed by atoms with Crippen molar-refractivity contribution in [2.75, 3.05) is 0 Å². The molecule has 0 radical (unpaired) electrons. The van der Waals surface area contributed by atoms with E-state index >= 15 is 0 Å². The first-order chi connectivity index (χ1) is 13.2. The molecule has 1 aromatic heterocycles. The number of hydrogen-bond acceptors (Lipinski definition) is 7. The van der Waals surface area contributed by atoms with E-state index in [2.05, 4.69) is 9.98 Å². The summed E-state index contributed by atoms with van der Waals surface area (Å²) in [5.41, 5.74) is 0.826. The first kappa shape index (κ1) is 17.3. The molecule has 136 valence electrons. The average Bonchev–Trinajstić information content (AvgIpc) is 2.69. The Morgan fingerprint density at radius 2 is 2.00 bits per heavy atom. The largest absolute Gasteiger partial charge is 0.512 e. The van der Waals surface area contributed by atoms with Crippen LogP contribution in [0.2, 0.25) is 0 Å². The number of aromatic nitrogens is 1. The molecule has 3 heterocycles. The zero-order chi connectivity index (χ0) is 18.6. The van der Waals surface area contributed by atoms with Gasteiger partial charge in [0.2, 0.25) is 0 Å². The van der Waals surface area contributed by atoms with Gasteiger partial charge in [-0.15, -0.1) is 11.8 Å². The van der Waals surface area contributed by atoms with Gasteiger partial charge in [0.25, 0.3) is 5.90 Å². The third-order valence-electron chi connectivity index (χ3n) is 4.10. The molecule has 0 bridgehead atoms. The van der Waals surface area contributed by atoms with E-state index in [-0.39, 0.29) is 17.3 Å². The number of rotatable bonds is 3. The van der Waals surface area contributed by atoms with E-state index in [1.54, 1.807) is 24.2 Å². The van der Waals surface area contributed by atoms with Gasteiger partial charge in [0.15, 0.2) is 5.84 Å². The molecule has 0 saturated carbocycles. The second-order valence-electron chi connectivity index (χ2n) is 5.85. The topological polar surface area (TPSA) is 87.4 Å². The fraction of sp³-hybridized carbons (Fsp3) is 0.158. The van der Waals surface area contributed by atoms with Gasteiger partial charge in [-0.25, -0.2) is 9.79 Å². The quantitative estimate of drug-likeness (QED) is 0.812. The van der Waals surface area contributed by atoms with Crippen molar-refractivity contribution in [1.82, 2.24) is 9.88 Å². The molecular formula is C19H16N4O3S. The van der Waals surface area contributed by atoms with Crippen molar-refractivity contribution in [3.63, 3.8) is 0 Å². The summed E-state index contributed by atoms with van der Waals surface area (Å²) in [6.07, 6.45) is 4.34. The van der Waals surface area contributed by atoms with Crippen LogP contribution in [-0.4, -0.2) is 38.3 Å². The van der Waals surface area contributed by atoms with E-state index in [0.29, 0.717) is 12.3 Å². The molecule has 1 aromatic carbocycles. The molecule has 2 aliphatic rings. The van der Waals surface area contributed by atoms with E-state index < -0.39 is 6.16 Å². The molecule has 27 heavy (non-hydrogen) atoms. The van der Waals surface area contributed by atoms with Crippen LogP contribution in [0.1, 0.15) is 18.2 Å². The minimum atomic E-state index is -1.42. The highest BCUT2D eigenvalue weighted by molar-refractivity contribution is 8.00. The molecule has 2 atom stereocenters. The summed E-state index contributed by atoms with van der Waals surface area (Å²) < 4.78 is 4.86. The highest BCUT2D eigenvalue weighted by Crippen LogP contribution is 2.38.